The summed E-state index contributed by atoms with van der Waals surface area (Å²) in [6, 6.07) is 7.28. The zero-order valence-electron chi connectivity index (χ0n) is 9.89. The van der Waals surface area contributed by atoms with Crippen LogP contribution in [0.2, 0.25) is 0 Å². The standard InChI is InChI=1S/C12H15N5O/c13-12(18)10-3-1-2-9(6-10)7-14-5-4-11-15-8-16-17-11/h1-3,6,8,14H,4-5,7H2,(H2,13,18)(H,15,16,17). The number of benzene rings is 1. The zero-order chi connectivity index (χ0) is 12.8. The number of carbonyl (C=O) groups excluding carboxylic acids is 1. The van der Waals surface area contributed by atoms with Gasteiger partial charge in [0.15, 0.2) is 0 Å². The SMILES string of the molecule is NC(=O)c1cccc(CNCCc2ncn[nH]2)c1. The maximum Gasteiger partial charge on any atom is 0.248 e. The molecule has 0 atom stereocenters. The van der Waals surface area contributed by atoms with Crippen molar-refractivity contribution in [3.63, 3.8) is 0 Å². The number of carbonyl (C=O) groups is 1. The lowest BCUT2D eigenvalue weighted by Gasteiger charge is -2.04. The van der Waals surface area contributed by atoms with E-state index in [2.05, 4.69) is 20.5 Å². The number of nitrogens with zero attached hydrogens (tertiary/aromatic N) is 2. The molecule has 0 spiro atoms. The van der Waals surface area contributed by atoms with E-state index in [0.717, 1.165) is 24.4 Å². The summed E-state index contributed by atoms with van der Waals surface area (Å²) in [5, 5.41) is 9.84. The van der Waals surface area contributed by atoms with Crippen molar-refractivity contribution in [2.24, 2.45) is 5.73 Å². The Morgan fingerprint density at radius 1 is 1.44 bits per heavy atom. The molecule has 0 aliphatic rings. The van der Waals surface area contributed by atoms with Crippen molar-refractivity contribution < 1.29 is 4.79 Å². The fourth-order valence-electron chi connectivity index (χ4n) is 1.63. The van der Waals surface area contributed by atoms with Gasteiger partial charge in [0.1, 0.15) is 12.2 Å². The van der Waals surface area contributed by atoms with Crippen LogP contribution in [0.1, 0.15) is 21.7 Å². The van der Waals surface area contributed by atoms with Gasteiger partial charge >= 0.3 is 0 Å². The predicted octanol–water partition coefficient (Wildman–Crippen LogP) is 0.236. The molecule has 0 bridgehead atoms. The Morgan fingerprint density at radius 3 is 3.06 bits per heavy atom. The van der Waals surface area contributed by atoms with Crippen molar-refractivity contribution in [3.8, 4) is 0 Å². The summed E-state index contributed by atoms with van der Waals surface area (Å²) in [5.74, 6) is 0.451. The third-order valence-electron chi connectivity index (χ3n) is 2.54. The molecule has 0 radical (unpaired) electrons. The highest BCUT2D eigenvalue weighted by molar-refractivity contribution is 5.92. The number of nitrogens with two attached hydrogens (primary N) is 1. The highest BCUT2D eigenvalue weighted by Crippen LogP contribution is 2.04. The van der Waals surface area contributed by atoms with Crippen LogP contribution in [0, 0.1) is 0 Å². The molecule has 0 saturated heterocycles. The number of primary amides is 1. The van der Waals surface area contributed by atoms with E-state index < -0.39 is 5.91 Å². The second-order valence-corrected chi connectivity index (χ2v) is 3.92. The molecular formula is C12H15N5O. The number of H-pyrrole nitrogens is 1. The molecule has 6 heteroatoms. The van der Waals surface area contributed by atoms with Gasteiger partial charge in [0.2, 0.25) is 5.91 Å². The minimum atomic E-state index is -0.404. The first-order valence-electron chi connectivity index (χ1n) is 5.69. The molecule has 0 fully saturated rings. The van der Waals surface area contributed by atoms with Crippen LogP contribution in [-0.4, -0.2) is 27.6 Å². The minimum Gasteiger partial charge on any atom is -0.366 e. The second kappa shape index (κ2) is 5.92. The third-order valence-corrected chi connectivity index (χ3v) is 2.54. The summed E-state index contributed by atoms with van der Waals surface area (Å²) in [6.07, 6.45) is 2.28. The van der Waals surface area contributed by atoms with E-state index in [1.54, 1.807) is 12.1 Å². The first-order valence-corrected chi connectivity index (χ1v) is 5.69. The van der Waals surface area contributed by atoms with Crippen molar-refractivity contribution in [3.05, 3.63) is 47.5 Å². The highest BCUT2D eigenvalue weighted by Gasteiger charge is 2.01. The molecule has 6 nitrogen and oxygen atoms in total. The van der Waals surface area contributed by atoms with Crippen molar-refractivity contribution >= 4 is 5.91 Å². The van der Waals surface area contributed by atoms with Gasteiger partial charge in [0.05, 0.1) is 0 Å². The van der Waals surface area contributed by atoms with Crippen LogP contribution < -0.4 is 11.1 Å². The van der Waals surface area contributed by atoms with Gasteiger partial charge in [-0.3, -0.25) is 9.89 Å². The van der Waals surface area contributed by atoms with E-state index >= 15 is 0 Å². The molecule has 1 aromatic carbocycles. The molecule has 2 rings (SSSR count). The largest absolute Gasteiger partial charge is 0.366 e. The van der Waals surface area contributed by atoms with Crippen LogP contribution in [0.15, 0.2) is 30.6 Å². The Labute approximate surface area is 105 Å². The molecule has 18 heavy (non-hydrogen) atoms. The molecule has 0 aliphatic heterocycles. The lowest BCUT2D eigenvalue weighted by atomic mass is 10.1. The van der Waals surface area contributed by atoms with Crippen molar-refractivity contribution in [1.29, 1.82) is 0 Å². The summed E-state index contributed by atoms with van der Waals surface area (Å²) in [6.45, 7) is 1.48. The average Bonchev–Trinajstić information content (AvgIpc) is 2.88. The van der Waals surface area contributed by atoms with Crippen LogP contribution in [0.3, 0.4) is 0 Å². The number of amides is 1. The van der Waals surface area contributed by atoms with Gasteiger partial charge in [-0.15, -0.1) is 0 Å². The topological polar surface area (TPSA) is 96.7 Å². The number of aromatic nitrogens is 3. The predicted molar refractivity (Wildman–Crippen MR) is 66.8 cm³/mol. The van der Waals surface area contributed by atoms with Gasteiger partial charge < -0.3 is 11.1 Å². The minimum absolute atomic E-state index is 0.404. The monoisotopic (exact) mass is 245 g/mol. The Hall–Kier alpha value is -2.21. The van der Waals surface area contributed by atoms with Gasteiger partial charge in [0.25, 0.3) is 0 Å². The molecule has 0 unspecified atom stereocenters. The second-order valence-electron chi connectivity index (χ2n) is 3.92. The Balaban J connectivity index is 1.79. The Kier molecular flexibility index (Phi) is 4.03. The van der Waals surface area contributed by atoms with Gasteiger partial charge in [-0.1, -0.05) is 12.1 Å². The van der Waals surface area contributed by atoms with Gasteiger partial charge in [-0.2, -0.15) is 5.10 Å². The average molecular weight is 245 g/mol. The number of hydrogen-bond donors (Lipinski definition) is 3. The Bertz CT molecular complexity index is 509. The quantitative estimate of drug-likeness (QED) is 0.635. The van der Waals surface area contributed by atoms with E-state index in [0.29, 0.717) is 12.1 Å². The normalized spacial score (nSPS) is 10.4. The lowest BCUT2D eigenvalue weighted by Crippen LogP contribution is -2.18. The highest BCUT2D eigenvalue weighted by atomic mass is 16.1. The maximum atomic E-state index is 11.0. The van der Waals surface area contributed by atoms with Crippen molar-refractivity contribution in [2.75, 3.05) is 6.54 Å². The van der Waals surface area contributed by atoms with E-state index in [9.17, 15) is 4.79 Å². The van der Waals surface area contributed by atoms with E-state index in [-0.39, 0.29) is 0 Å². The molecule has 94 valence electrons. The zero-order valence-corrected chi connectivity index (χ0v) is 9.89. The first-order chi connectivity index (χ1) is 8.75. The number of nitrogens with one attached hydrogen (secondary N) is 2. The summed E-state index contributed by atoms with van der Waals surface area (Å²) >= 11 is 0. The molecule has 4 N–H and O–H groups in total. The molecule has 1 aromatic heterocycles. The molecule has 2 aromatic rings. The van der Waals surface area contributed by atoms with Gasteiger partial charge in [0, 0.05) is 25.1 Å². The van der Waals surface area contributed by atoms with E-state index in [1.165, 1.54) is 6.33 Å². The lowest BCUT2D eigenvalue weighted by molar-refractivity contribution is 0.1000. The fraction of sp³-hybridized carbons (Fsp3) is 0.250. The van der Waals surface area contributed by atoms with Crippen LogP contribution in [0.4, 0.5) is 0 Å². The molecule has 1 heterocycles. The number of aromatic amines is 1. The maximum absolute atomic E-state index is 11.0. The third kappa shape index (κ3) is 3.39. The Morgan fingerprint density at radius 2 is 2.33 bits per heavy atom. The molecule has 0 aliphatic carbocycles. The fourth-order valence-corrected chi connectivity index (χ4v) is 1.63. The van der Waals surface area contributed by atoms with Gasteiger partial charge in [-0.25, -0.2) is 4.98 Å². The number of rotatable bonds is 6. The van der Waals surface area contributed by atoms with Crippen LogP contribution in [0.25, 0.3) is 0 Å². The molecular weight excluding hydrogens is 230 g/mol. The summed E-state index contributed by atoms with van der Waals surface area (Å²) in [4.78, 5) is 15.1. The summed E-state index contributed by atoms with van der Waals surface area (Å²) in [7, 11) is 0. The van der Waals surface area contributed by atoms with Crippen LogP contribution in [-0.2, 0) is 13.0 Å². The van der Waals surface area contributed by atoms with Gasteiger partial charge in [-0.05, 0) is 17.7 Å². The van der Waals surface area contributed by atoms with Crippen LogP contribution >= 0.6 is 0 Å². The first kappa shape index (κ1) is 12.3. The van der Waals surface area contributed by atoms with Crippen molar-refractivity contribution in [2.45, 2.75) is 13.0 Å². The summed E-state index contributed by atoms with van der Waals surface area (Å²) in [5.41, 5.74) is 6.79. The van der Waals surface area contributed by atoms with E-state index in [1.807, 2.05) is 12.1 Å². The smallest absolute Gasteiger partial charge is 0.248 e. The summed E-state index contributed by atoms with van der Waals surface area (Å²) < 4.78 is 0. The van der Waals surface area contributed by atoms with Crippen molar-refractivity contribution in [1.82, 2.24) is 20.5 Å². The molecule has 0 saturated carbocycles. The molecule has 1 amide bonds. The van der Waals surface area contributed by atoms with E-state index in [4.69, 9.17) is 5.73 Å². The number of hydrogen-bond acceptors (Lipinski definition) is 4. The van der Waals surface area contributed by atoms with Crippen LogP contribution in [0.5, 0.6) is 0 Å².